The van der Waals surface area contributed by atoms with Crippen LogP contribution in [0.25, 0.3) is 0 Å². The van der Waals surface area contributed by atoms with Gasteiger partial charge in [0.15, 0.2) is 0 Å². The van der Waals surface area contributed by atoms with Gasteiger partial charge in [-0.25, -0.2) is 0 Å². The summed E-state index contributed by atoms with van der Waals surface area (Å²) >= 11 is 0. The van der Waals surface area contributed by atoms with E-state index in [-0.39, 0.29) is 0 Å². The Hall–Kier alpha value is -1.22. The van der Waals surface area contributed by atoms with Crippen LogP contribution >= 0.6 is 0 Å². The lowest BCUT2D eigenvalue weighted by molar-refractivity contribution is 0.123. The zero-order valence-corrected chi connectivity index (χ0v) is 13.8. The number of para-hydroxylation sites is 2. The fourth-order valence-corrected chi connectivity index (χ4v) is 2.88. The minimum atomic E-state index is 0.558. The Balaban J connectivity index is 2.07. The molecule has 0 aromatic heterocycles. The third-order valence-electron chi connectivity index (χ3n) is 4.49. The molecule has 0 saturated carbocycles. The van der Waals surface area contributed by atoms with E-state index < -0.39 is 0 Å². The van der Waals surface area contributed by atoms with Crippen molar-refractivity contribution in [3.8, 4) is 0 Å². The van der Waals surface area contributed by atoms with Gasteiger partial charge in [0, 0.05) is 19.1 Å². The summed E-state index contributed by atoms with van der Waals surface area (Å²) in [5.74, 6) is 0.776. The van der Waals surface area contributed by atoms with Crippen LogP contribution in [0.4, 0.5) is 11.4 Å². The monoisotopic (exact) mass is 290 g/mol. The van der Waals surface area contributed by atoms with Gasteiger partial charge in [-0.05, 0) is 30.9 Å². The third-order valence-corrected chi connectivity index (χ3v) is 4.49. The third kappa shape index (κ3) is 4.63. The van der Waals surface area contributed by atoms with Crippen molar-refractivity contribution in [2.75, 3.05) is 36.5 Å². The summed E-state index contributed by atoms with van der Waals surface area (Å²) in [6.45, 7) is 10.5. The largest absolute Gasteiger partial charge is 0.381 e. The molecule has 1 saturated heterocycles. The van der Waals surface area contributed by atoms with Gasteiger partial charge in [-0.15, -0.1) is 0 Å². The summed E-state index contributed by atoms with van der Waals surface area (Å²) in [4.78, 5) is 2.43. The van der Waals surface area contributed by atoms with Crippen molar-refractivity contribution in [1.29, 1.82) is 0 Å². The second-order valence-electron chi connectivity index (χ2n) is 6.12. The molecule has 0 bridgehead atoms. The molecule has 1 fully saturated rings. The lowest BCUT2D eigenvalue weighted by Crippen LogP contribution is -2.37. The van der Waals surface area contributed by atoms with E-state index in [9.17, 15) is 0 Å². The molecule has 2 rings (SSSR count). The summed E-state index contributed by atoms with van der Waals surface area (Å²) in [7, 11) is 0. The fourth-order valence-electron chi connectivity index (χ4n) is 2.88. The highest BCUT2D eigenvalue weighted by atomic mass is 16.5. The predicted octanol–water partition coefficient (Wildman–Crippen LogP) is 4.15. The summed E-state index contributed by atoms with van der Waals surface area (Å²) in [6, 6.07) is 9.25. The molecule has 0 amide bonds. The molecule has 21 heavy (non-hydrogen) atoms. The number of benzene rings is 1. The van der Waals surface area contributed by atoms with Crippen molar-refractivity contribution >= 4 is 11.4 Å². The Morgan fingerprint density at radius 3 is 2.52 bits per heavy atom. The van der Waals surface area contributed by atoms with Gasteiger partial charge in [0.25, 0.3) is 0 Å². The van der Waals surface area contributed by atoms with Gasteiger partial charge in [0.05, 0.1) is 24.6 Å². The van der Waals surface area contributed by atoms with Crippen molar-refractivity contribution in [3.05, 3.63) is 24.3 Å². The normalized spacial score (nSPS) is 18.3. The molecule has 3 heteroatoms. The van der Waals surface area contributed by atoms with E-state index in [1.54, 1.807) is 0 Å². The molecule has 0 aliphatic carbocycles. The molecule has 118 valence electrons. The topological polar surface area (TPSA) is 24.5 Å². The van der Waals surface area contributed by atoms with Crippen molar-refractivity contribution in [3.63, 3.8) is 0 Å². The number of hydrogen-bond acceptors (Lipinski definition) is 3. The standard InChI is InChI=1S/C18H30N2O/c1-4-15(3)14-16(5-2)19-17-8-6-7-9-18(17)20-10-12-21-13-11-20/h6-9,15-16,19H,4-5,10-14H2,1-3H3. The Bertz CT molecular complexity index is 415. The summed E-state index contributed by atoms with van der Waals surface area (Å²) in [5.41, 5.74) is 2.60. The minimum absolute atomic E-state index is 0.558. The van der Waals surface area contributed by atoms with Crippen molar-refractivity contribution in [2.24, 2.45) is 5.92 Å². The van der Waals surface area contributed by atoms with E-state index in [0.717, 1.165) is 32.2 Å². The van der Waals surface area contributed by atoms with Crippen molar-refractivity contribution in [1.82, 2.24) is 0 Å². The van der Waals surface area contributed by atoms with Crippen molar-refractivity contribution in [2.45, 2.75) is 46.1 Å². The van der Waals surface area contributed by atoms with Crippen LogP contribution < -0.4 is 10.2 Å². The Morgan fingerprint density at radius 2 is 1.86 bits per heavy atom. The van der Waals surface area contributed by atoms with E-state index >= 15 is 0 Å². The molecule has 2 unspecified atom stereocenters. The van der Waals surface area contributed by atoms with Crippen LogP contribution in [0.5, 0.6) is 0 Å². The Kier molecular flexibility index (Phi) is 6.37. The van der Waals surface area contributed by atoms with Crippen molar-refractivity contribution < 1.29 is 4.74 Å². The number of rotatable bonds is 7. The first-order chi connectivity index (χ1) is 10.2. The highest BCUT2D eigenvalue weighted by molar-refractivity contribution is 5.70. The molecule has 0 spiro atoms. The Labute approximate surface area is 129 Å². The van der Waals surface area contributed by atoms with Crippen LogP contribution in [-0.2, 0) is 4.74 Å². The van der Waals surface area contributed by atoms with E-state index in [1.807, 2.05) is 0 Å². The van der Waals surface area contributed by atoms with E-state index in [4.69, 9.17) is 4.74 Å². The Morgan fingerprint density at radius 1 is 1.14 bits per heavy atom. The maximum absolute atomic E-state index is 5.47. The number of nitrogens with zero attached hydrogens (tertiary/aromatic N) is 1. The smallest absolute Gasteiger partial charge is 0.0642 e. The predicted molar refractivity (Wildman–Crippen MR) is 91.2 cm³/mol. The molecule has 1 aromatic rings. The summed E-state index contributed by atoms with van der Waals surface area (Å²) < 4.78 is 5.47. The first-order valence-electron chi connectivity index (χ1n) is 8.42. The second-order valence-corrected chi connectivity index (χ2v) is 6.12. The van der Waals surface area contributed by atoms with Crippen LogP contribution in [0.2, 0.25) is 0 Å². The second kappa shape index (κ2) is 8.28. The highest BCUT2D eigenvalue weighted by Crippen LogP contribution is 2.28. The maximum Gasteiger partial charge on any atom is 0.0642 e. The number of nitrogens with one attached hydrogen (secondary N) is 1. The number of anilines is 2. The van der Waals surface area contributed by atoms with Gasteiger partial charge in [-0.2, -0.15) is 0 Å². The van der Waals surface area contributed by atoms with E-state index in [2.05, 4.69) is 55.3 Å². The van der Waals surface area contributed by atoms with Gasteiger partial charge >= 0.3 is 0 Å². The average molecular weight is 290 g/mol. The first kappa shape index (κ1) is 16.2. The SMILES string of the molecule is CCC(C)CC(CC)Nc1ccccc1N1CCOCC1. The summed E-state index contributed by atoms with van der Waals surface area (Å²) in [6.07, 6.45) is 3.66. The van der Waals surface area contributed by atoms with Gasteiger partial charge in [-0.1, -0.05) is 39.3 Å². The van der Waals surface area contributed by atoms with Crippen LogP contribution in [0.15, 0.2) is 24.3 Å². The number of ether oxygens (including phenoxy) is 1. The molecule has 1 N–H and O–H groups in total. The number of morpholine rings is 1. The van der Waals surface area contributed by atoms with Crippen LogP contribution in [-0.4, -0.2) is 32.3 Å². The quantitative estimate of drug-likeness (QED) is 0.816. The molecular formula is C18H30N2O. The first-order valence-corrected chi connectivity index (χ1v) is 8.42. The lowest BCUT2D eigenvalue weighted by Gasteiger charge is -2.32. The molecule has 1 aromatic carbocycles. The van der Waals surface area contributed by atoms with Crippen LogP contribution in [0.3, 0.4) is 0 Å². The lowest BCUT2D eigenvalue weighted by atomic mass is 9.97. The molecular weight excluding hydrogens is 260 g/mol. The molecule has 3 nitrogen and oxygen atoms in total. The average Bonchev–Trinajstić information content (AvgIpc) is 2.55. The minimum Gasteiger partial charge on any atom is -0.381 e. The van der Waals surface area contributed by atoms with Gasteiger partial charge < -0.3 is 15.0 Å². The molecule has 1 aliphatic heterocycles. The number of hydrogen-bond donors (Lipinski definition) is 1. The molecule has 0 radical (unpaired) electrons. The zero-order valence-electron chi connectivity index (χ0n) is 13.8. The molecule has 1 aliphatic rings. The summed E-state index contributed by atoms with van der Waals surface area (Å²) in [5, 5.41) is 3.78. The fraction of sp³-hybridized carbons (Fsp3) is 0.667. The van der Waals surface area contributed by atoms with E-state index in [1.165, 1.54) is 30.6 Å². The molecule has 1 heterocycles. The van der Waals surface area contributed by atoms with Gasteiger partial charge in [-0.3, -0.25) is 0 Å². The maximum atomic E-state index is 5.47. The highest BCUT2D eigenvalue weighted by Gasteiger charge is 2.17. The van der Waals surface area contributed by atoms with Crippen LogP contribution in [0, 0.1) is 5.92 Å². The van der Waals surface area contributed by atoms with E-state index in [0.29, 0.717) is 6.04 Å². The van der Waals surface area contributed by atoms with Gasteiger partial charge in [0.1, 0.15) is 0 Å². The van der Waals surface area contributed by atoms with Gasteiger partial charge in [0.2, 0.25) is 0 Å². The van der Waals surface area contributed by atoms with Crippen LogP contribution in [0.1, 0.15) is 40.0 Å². The molecule has 2 atom stereocenters. The zero-order chi connectivity index (χ0) is 15.1.